The van der Waals surface area contributed by atoms with Gasteiger partial charge in [-0.1, -0.05) is 54.9 Å². The molecule has 0 heterocycles. The van der Waals surface area contributed by atoms with Gasteiger partial charge in [-0.15, -0.1) is 0 Å². The molecule has 0 aliphatic heterocycles. The van der Waals surface area contributed by atoms with Crippen LogP contribution in [0.2, 0.25) is 5.02 Å². The maximum Gasteiger partial charge on any atom is 0.244 e. The first-order valence-electron chi connectivity index (χ1n) is 9.14. The molecule has 0 saturated carbocycles. The fraction of sp³-hybridized carbons (Fsp3) is 0.381. The largest absolute Gasteiger partial charge is 0.349 e. The Morgan fingerprint density at radius 3 is 2.32 bits per heavy atom. The van der Waals surface area contributed by atoms with E-state index >= 15 is 0 Å². The van der Waals surface area contributed by atoms with E-state index in [2.05, 4.69) is 5.32 Å². The summed E-state index contributed by atoms with van der Waals surface area (Å²) in [6.45, 7) is 5.64. The minimum absolute atomic E-state index is 0.326. The Balaban J connectivity index is 2.28. The Labute approximate surface area is 172 Å². The number of rotatable bonds is 8. The van der Waals surface area contributed by atoms with Gasteiger partial charge in [-0.3, -0.25) is 9.10 Å². The van der Waals surface area contributed by atoms with Crippen molar-refractivity contribution in [1.29, 1.82) is 0 Å². The molecule has 152 valence electrons. The van der Waals surface area contributed by atoms with Crippen molar-refractivity contribution < 1.29 is 13.2 Å². The fourth-order valence-corrected chi connectivity index (χ4v) is 4.63. The third-order valence-corrected chi connectivity index (χ3v) is 5.76. The lowest BCUT2D eigenvalue weighted by atomic mass is 9.94. The van der Waals surface area contributed by atoms with Gasteiger partial charge in [0, 0.05) is 10.6 Å². The second-order valence-corrected chi connectivity index (χ2v) is 9.79. The summed E-state index contributed by atoms with van der Waals surface area (Å²) in [5, 5.41) is 3.42. The van der Waals surface area contributed by atoms with Crippen LogP contribution in [0.1, 0.15) is 32.8 Å². The third kappa shape index (κ3) is 5.97. The van der Waals surface area contributed by atoms with Gasteiger partial charge in [-0.25, -0.2) is 8.42 Å². The van der Waals surface area contributed by atoms with Crippen molar-refractivity contribution in [2.45, 2.75) is 45.2 Å². The van der Waals surface area contributed by atoms with Gasteiger partial charge in [0.15, 0.2) is 0 Å². The maximum atomic E-state index is 13.1. The number of hydrogen-bond donors (Lipinski definition) is 1. The number of benzene rings is 2. The molecule has 1 atom stereocenters. The molecule has 5 nitrogen and oxygen atoms in total. The van der Waals surface area contributed by atoms with Crippen molar-refractivity contribution in [2.24, 2.45) is 0 Å². The Bertz CT molecular complexity index is 914. The molecule has 0 aliphatic carbocycles. The Hall–Kier alpha value is -2.05. The third-order valence-electron chi connectivity index (χ3n) is 4.34. The molecule has 2 aromatic rings. The first-order chi connectivity index (χ1) is 13.0. The predicted octanol–water partition coefficient (Wildman–Crippen LogP) is 4.02. The normalized spacial score (nSPS) is 13.0. The molecule has 0 bridgehead atoms. The molecule has 2 rings (SSSR count). The van der Waals surface area contributed by atoms with Gasteiger partial charge in [0.25, 0.3) is 0 Å². The van der Waals surface area contributed by atoms with Crippen LogP contribution in [0.15, 0.2) is 54.6 Å². The predicted molar refractivity (Wildman–Crippen MR) is 115 cm³/mol. The van der Waals surface area contributed by atoms with E-state index in [1.54, 1.807) is 31.2 Å². The zero-order valence-corrected chi connectivity index (χ0v) is 18.2. The Kier molecular flexibility index (Phi) is 7.12. The number of amides is 1. The van der Waals surface area contributed by atoms with Gasteiger partial charge in [0.1, 0.15) is 6.04 Å². The number of nitrogens with one attached hydrogen (secondary N) is 1. The van der Waals surface area contributed by atoms with E-state index in [-0.39, 0.29) is 5.91 Å². The topological polar surface area (TPSA) is 66.5 Å². The minimum atomic E-state index is -3.69. The lowest BCUT2D eigenvalue weighted by Crippen LogP contribution is -2.55. The summed E-state index contributed by atoms with van der Waals surface area (Å²) in [6.07, 6.45) is 2.05. The van der Waals surface area contributed by atoms with E-state index in [1.165, 1.54) is 0 Å². The van der Waals surface area contributed by atoms with Crippen molar-refractivity contribution in [1.82, 2.24) is 5.32 Å². The number of anilines is 1. The number of halogens is 1. The second kappa shape index (κ2) is 8.97. The molecule has 2 aromatic carbocycles. The molecule has 0 fully saturated rings. The zero-order valence-electron chi connectivity index (χ0n) is 16.6. The molecular formula is C21H27ClN2O3S. The summed E-state index contributed by atoms with van der Waals surface area (Å²) in [7, 11) is -3.69. The van der Waals surface area contributed by atoms with E-state index in [0.717, 1.165) is 16.1 Å². The van der Waals surface area contributed by atoms with Crippen LogP contribution in [0.25, 0.3) is 0 Å². The monoisotopic (exact) mass is 422 g/mol. The van der Waals surface area contributed by atoms with E-state index < -0.39 is 21.6 Å². The average Bonchev–Trinajstić information content (AvgIpc) is 2.58. The summed E-state index contributed by atoms with van der Waals surface area (Å²) < 4.78 is 26.2. The molecule has 0 unspecified atom stereocenters. The van der Waals surface area contributed by atoms with E-state index in [1.807, 2.05) is 44.2 Å². The highest BCUT2D eigenvalue weighted by atomic mass is 35.5. The molecule has 7 heteroatoms. The average molecular weight is 423 g/mol. The van der Waals surface area contributed by atoms with Gasteiger partial charge in [-0.2, -0.15) is 0 Å². The van der Waals surface area contributed by atoms with Gasteiger partial charge in [0.2, 0.25) is 15.9 Å². The SMILES string of the molecule is CC[C@@H](C(=O)NC(C)(C)Cc1ccccc1)N(c1cccc(Cl)c1)S(C)(=O)=O. The Morgan fingerprint density at radius 1 is 1.14 bits per heavy atom. The molecule has 0 aromatic heterocycles. The molecule has 0 aliphatic rings. The lowest BCUT2D eigenvalue weighted by molar-refractivity contribution is -0.123. The van der Waals surface area contributed by atoms with Crippen LogP contribution in [-0.2, 0) is 21.2 Å². The van der Waals surface area contributed by atoms with Crippen molar-refractivity contribution >= 4 is 33.2 Å². The quantitative estimate of drug-likeness (QED) is 0.698. The summed E-state index contributed by atoms with van der Waals surface area (Å²) in [5.74, 6) is -0.339. The van der Waals surface area contributed by atoms with Crippen LogP contribution in [0.5, 0.6) is 0 Å². The van der Waals surface area contributed by atoms with Crippen molar-refractivity contribution in [2.75, 3.05) is 10.6 Å². The lowest BCUT2D eigenvalue weighted by Gasteiger charge is -2.34. The first kappa shape index (κ1) is 22.2. The minimum Gasteiger partial charge on any atom is -0.349 e. The van der Waals surface area contributed by atoms with E-state index in [9.17, 15) is 13.2 Å². The molecule has 0 radical (unpaired) electrons. The van der Waals surface area contributed by atoms with Gasteiger partial charge in [-0.05, 0) is 50.5 Å². The highest BCUT2D eigenvalue weighted by Gasteiger charge is 2.34. The molecule has 0 saturated heterocycles. The van der Waals surface area contributed by atoms with Crippen LogP contribution in [0.4, 0.5) is 5.69 Å². The summed E-state index contributed by atoms with van der Waals surface area (Å²) >= 11 is 6.04. The van der Waals surface area contributed by atoms with Crippen LogP contribution >= 0.6 is 11.6 Å². The van der Waals surface area contributed by atoms with Gasteiger partial charge in [0.05, 0.1) is 11.9 Å². The van der Waals surface area contributed by atoms with Crippen LogP contribution in [-0.4, -0.2) is 32.2 Å². The highest BCUT2D eigenvalue weighted by molar-refractivity contribution is 7.92. The van der Waals surface area contributed by atoms with E-state index in [0.29, 0.717) is 23.6 Å². The maximum absolute atomic E-state index is 13.1. The first-order valence-corrected chi connectivity index (χ1v) is 11.4. The zero-order chi connectivity index (χ0) is 20.9. The molecule has 28 heavy (non-hydrogen) atoms. The molecule has 1 N–H and O–H groups in total. The summed E-state index contributed by atoms with van der Waals surface area (Å²) in [6, 6.07) is 15.5. The molecular weight excluding hydrogens is 396 g/mol. The van der Waals surface area contributed by atoms with Crippen LogP contribution < -0.4 is 9.62 Å². The Morgan fingerprint density at radius 2 is 1.79 bits per heavy atom. The number of carbonyl (C=O) groups excluding carboxylic acids is 1. The molecule has 1 amide bonds. The number of nitrogens with zero attached hydrogens (tertiary/aromatic N) is 1. The second-order valence-electron chi connectivity index (χ2n) is 7.50. The highest BCUT2D eigenvalue weighted by Crippen LogP contribution is 2.26. The molecule has 0 spiro atoms. The van der Waals surface area contributed by atoms with E-state index in [4.69, 9.17) is 11.6 Å². The van der Waals surface area contributed by atoms with Gasteiger partial charge < -0.3 is 5.32 Å². The summed E-state index contributed by atoms with van der Waals surface area (Å²) in [4.78, 5) is 13.1. The van der Waals surface area contributed by atoms with Crippen LogP contribution in [0.3, 0.4) is 0 Å². The summed E-state index contributed by atoms with van der Waals surface area (Å²) in [5.41, 5.74) is 0.928. The fourth-order valence-electron chi connectivity index (χ4n) is 3.24. The number of sulfonamides is 1. The van der Waals surface area contributed by atoms with Crippen molar-refractivity contribution in [3.63, 3.8) is 0 Å². The number of hydrogen-bond acceptors (Lipinski definition) is 3. The van der Waals surface area contributed by atoms with Crippen molar-refractivity contribution in [3.8, 4) is 0 Å². The standard InChI is InChI=1S/C21H27ClN2O3S/c1-5-19(24(28(4,26)27)18-13-9-12-17(22)14-18)20(25)23-21(2,3)15-16-10-7-6-8-11-16/h6-14,19H,5,15H2,1-4H3,(H,23,25)/t19-/m0/s1. The van der Waals surface area contributed by atoms with Crippen LogP contribution in [0, 0.1) is 0 Å². The van der Waals surface area contributed by atoms with Crippen molar-refractivity contribution in [3.05, 3.63) is 65.2 Å². The van der Waals surface area contributed by atoms with Gasteiger partial charge >= 0.3 is 0 Å². The smallest absolute Gasteiger partial charge is 0.244 e. The number of carbonyl (C=O) groups is 1.